The van der Waals surface area contributed by atoms with Gasteiger partial charge in [-0.1, -0.05) is 0 Å². The molecule has 1 rings (SSSR count). The van der Waals surface area contributed by atoms with E-state index in [1.165, 1.54) is 0 Å². The Labute approximate surface area is 78.7 Å². The van der Waals surface area contributed by atoms with E-state index in [9.17, 15) is 18.0 Å². The predicted octanol–water partition coefficient (Wildman–Crippen LogP) is -0.842. The van der Waals surface area contributed by atoms with Crippen molar-refractivity contribution in [2.75, 3.05) is 0 Å². The van der Waals surface area contributed by atoms with Crippen molar-refractivity contribution in [3.05, 3.63) is 11.6 Å². The molecule has 1 aliphatic rings. The standard InChI is InChI=1S/C6H6O7S/c7-4(8)1-3-2-5(13-6(3)9)14(10,11)12/h2,5H,1H2,(H,7,8)(H,10,11,12). The summed E-state index contributed by atoms with van der Waals surface area (Å²) in [6.45, 7) is 0. The molecule has 0 aromatic rings. The van der Waals surface area contributed by atoms with Crippen LogP contribution in [-0.2, 0) is 24.4 Å². The van der Waals surface area contributed by atoms with Gasteiger partial charge in [-0.25, -0.2) is 4.79 Å². The lowest BCUT2D eigenvalue weighted by atomic mass is 10.2. The summed E-state index contributed by atoms with van der Waals surface area (Å²) < 4.78 is 33.7. The molecule has 7 nitrogen and oxygen atoms in total. The molecular formula is C6H6O7S. The number of carboxylic acids is 1. The van der Waals surface area contributed by atoms with Crippen LogP contribution in [0.2, 0.25) is 0 Å². The summed E-state index contributed by atoms with van der Waals surface area (Å²) in [5, 5.41) is 8.32. The van der Waals surface area contributed by atoms with E-state index in [2.05, 4.69) is 4.74 Å². The van der Waals surface area contributed by atoms with Crippen LogP contribution >= 0.6 is 0 Å². The Hall–Kier alpha value is -1.41. The van der Waals surface area contributed by atoms with Crippen LogP contribution in [0.5, 0.6) is 0 Å². The normalized spacial score (nSPS) is 21.6. The first-order chi connectivity index (χ1) is 6.30. The van der Waals surface area contributed by atoms with Crippen molar-refractivity contribution in [2.45, 2.75) is 11.9 Å². The number of hydrogen-bond acceptors (Lipinski definition) is 5. The monoisotopic (exact) mass is 222 g/mol. The summed E-state index contributed by atoms with van der Waals surface area (Å²) in [6.07, 6.45) is 0.136. The largest absolute Gasteiger partial charge is 0.481 e. The smallest absolute Gasteiger partial charge is 0.336 e. The first-order valence-corrected chi connectivity index (χ1v) is 4.91. The van der Waals surface area contributed by atoms with Crippen molar-refractivity contribution < 1.29 is 32.4 Å². The fourth-order valence-corrected chi connectivity index (χ4v) is 1.43. The minimum absolute atomic E-state index is 0.292. The Morgan fingerprint density at radius 3 is 2.50 bits per heavy atom. The zero-order valence-electron chi connectivity index (χ0n) is 6.71. The molecule has 0 radical (unpaired) electrons. The number of carboxylic acid groups (broad SMARTS) is 1. The molecule has 0 fully saturated rings. The summed E-state index contributed by atoms with van der Waals surface area (Å²) in [5.41, 5.74) is -2.08. The SMILES string of the molecule is O=C(O)CC1=CC(S(=O)(=O)O)OC1=O. The molecule has 0 bridgehead atoms. The summed E-state index contributed by atoms with van der Waals surface area (Å²) in [4.78, 5) is 21.0. The molecule has 0 aromatic carbocycles. The van der Waals surface area contributed by atoms with Gasteiger partial charge in [0.2, 0.25) is 5.44 Å². The van der Waals surface area contributed by atoms with Gasteiger partial charge < -0.3 is 9.84 Å². The minimum atomic E-state index is -4.52. The molecule has 14 heavy (non-hydrogen) atoms. The third-order valence-electron chi connectivity index (χ3n) is 1.46. The van der Waals surface area contributed by atoms with Crippen molar-refractivity contribution in [3.8, 4) is 0 Å². The molecule has 1 heterocycles. The molecule has 8 heteroatoms. The molecule has 0 spiro atoms. The van der Waals surface area contributed by atoms with Crippen LogP contribution in [0.25, 0.3) is 0 Å². The third kappa shape index (κ3) is 2.30. The third-order valence-corrected chi connectivity index (χ3v) is 2.28. The molecule has 0 aromatic heterocycles. The van der Waals surface area contributed by atoms with Crippen molar-refractivity contribution in [3.63, 3.8) is 0 Å². The molecule has 78 valence electrons. The Bertz CT molecular complexity index is 404. The number of carbonyl (C=O) groups is 2. The predicted molar refractivity (Wildman–Crippen MR) is 41.8 cm³/mol. The van der Waals surface area contributed by atoms with E-state index < -0.39 is 33.9 Å². The van der Waals surface area contributed by atoms with Crippen LogP contribution < -0.4 is 0 Å². The molecule has 2 N–H and O–H groups in total. The lowest BCUT2D eigenvalue weighted by molar-refractivity contribution is -0.141. The molecule has 0 aliphatic carbocycles. The number of rotatable bonds is 3. The van der Waals surface area contributed by atoms with Crippen molar-refractivity contribution in [2.24, 2.45) is 0 Å². The molecule has 1 aliphatic heterocycles. The van der Waals surface area contributed by atoms with Crippen molar-refractivity contribution >= 4 is 22.1 Å². The van der Waals surface area contributed by atoms with Crippen LogP contribution in [0.4, 0.5) is 0 Å². The molecule has 1 atom stereocenters. The Kier molecular flexibility index (Phi) is 2.58. The minimum Gasteiger partial charge on any atom is -0.481 e. The lowest BCUT2D eigenvalue weighted by Crippen LogP contribution is -2.19. The average Bonchev–Trinajstić information content (AvgIpc) is 2.30. The van der Waals surface area contributed by atoms with E-state index in [1.807, 2.05) is 0 Å². The number of hydrogen-bond donors (Lipinski definition) is 2. The first kappa shape index (κ1) is 10.7. The second-order valence-electron chi connectivity index (χ2n) is 2.55. The van der Waals surface area contributed by atoms with Crippen LogP contribution in [-0.4, -0.2) is 35.5 Å². The first-order valence-electron chi connectivity index (χ1n) is 3.40. The van der Waals surface area contributed by atoms with E-state index in [-0.39, 0.29) is 5.57 Å². The lowest BCUT2D eigenvalue weighted by Gasteiger charge is -2.02. The van der Waals surface area contributed by atoms with Crippen LogP contribution in [0.1, 0.15) is 6.42 Å². The highest BCUT2D eigenvalue weighted by atomic mass is 32.2. The zero-order chi connectivity index (χ0) is 10.9. The second-order valence-corrected chi connectivity index (χ2v) is 4.05. The van der Waals surface area contributed by atoms with Gasteiger partial charge in [-0.05, 0) is 6.08 Å². The fraction of sp³-hybridized carbons (Fsp3) is 0.333. The van der Waals surface area contributed by atoms with Gasteiger partial charge in [-0.15, -0.1) is 0 Å². The molecule has 0 saturated heterocycles. The number of ether oxygens (including phenoxy) is 1. The van der Waals surface area contributed by atoms with E-state index >= 15 is 0 Å². The number of esters is 1. The van der Waals surface area contributed by atoms with Crippen LogP contribution in [0.3, 0.4) is 0 Å². The highest BCUT2D eigenvalue weighted by Gasteiger charge is 2.34. The quantitative estimate of drug-likeness (QED) is 0.472. The maximum absolute atomic E-state index is 10.8. The number of cyclic esters (lactones) is 1. The topological polar surface area (TPSA) is 118 Å². The van der Waals surface area contributed by atoms with E-state index in [0.717, 1.165) is 6.08 Å². The van der Waals surface area contributed by atoms with E-state index in [1.54, 1.807) is 0 Å². The average molecular weight is 222 g/mol. The van der Waals surface area contributed by atoms with Gasteiger partial charge in [0.25, 0.3) is 0 Å². The number of carbonyl (C=O) groups excluding carboxylic acids is 1. The summed E-state index contributed by atoms with van der Waals surface area (Å²) >= 11 is 0. The van der Waals surface area contributed by atoms with E-state index in [0.29, 0.717) is 0 Å². The summed E-state index contributed by atoms with van der Waals surface area (Å²) in [6, 6.07) is 0. The highest BCUT2D eigenvalue weighted by molar-refractivity contribution is 7.86. The van der Waals surface area contributed by atoms with Crippen LogP contribution in [0.15, 0.2) is 11.6 Å². The molecular weight excluding hydrogens is 216 g/mol. The summed E-state index contributed by atoms with van der Waals surface area (Å²) in [5.74, 6) is -2.33. The summed E-state index contributed by atoms with van der Waals surface area (Å²) in [7, 11) is -4.52. The second kappa shape index (κ2) is 3.39. The van der Waals surface area contributed by atoms with Gasteiger partial charge in [0.15, 0.2) is 0 Å². The van der Waals surface area contributed by atoms with Gasteiger partial charge in [0.1, 0.15) is 0 Å². The number of aliphatic carboxylic acids is 1. The van der Waals surface area contributed by atoms with Gasteiger partial charge >= 0.3 is 22.1 Å². The van der Waals surface area contributed by atoms with E-state index in [4.69, 9.17) is 9.66 Å². The Balaban J connectivity index is 2.88. The fourth-order valence-electron chi connectivity index (χ4n) is 0.888. The zero-order valence-corrected chi connectivity index (χ0v) is 7.52. The Morgan fingerprint density at radius 2 is 2.14 bits per heavy atom. The molecule has 1 unspecified atom stereocenters. The van der Waals surface area contributed by atoms with Gasteiger partial charge in [-0.3, -0.25) is 9.35 Å². The van der Waals surface area contributed by atoms with Crippen molar-refractivity contribution in [1.29, 1.82) is 0 Å². The van der Waals surface area contributed by atoms with Gasteiger partial charge in [0.05, 0.1) is 6.42 Å². The van der Waals surface area contributed by atoms with Gasteiger partial charge in [-0.2, -0.15) is 8.42 Å². The van der Waals surface area contributed by atoms with Crippen LogP contribution in [0, 0.1) is 0 Å². The van der Waals surface area contributed by atoms with Gasteiger partial charge in [0, 0.05) is 5.57 Å². The van der Waals surface area contributed by atoms with Crippen molar-refractivity contribution in [1.82, 2.24) is 0 Å². The maximum Gasteiger partial charge on any atom is 0.336 e. The molecule has 0 saturated carbocycles. The molecule has 0 amide bonds. The maximum atomic E-state index is 10.8. The highest BCUT2D eigenvalue weighted by Crippen LogP contribution is 2.19. The Morgan fingerprint density at radius 1 is 1.57 bits per heavy atom.